The Bertz CT molecular complexity index is 466. The highest BCUT2D eigenvalue weighted by molar-refractivity contribution is 5.98. The number of hydrogen-bond acceptors (Lipinski definition) is 4. The van der Waals surface area contributed by atoms with Gasteiger partial charge in [0.15, 0.2) is 0 Å². The quantitative estimate of drug-likeness (QED) is 0.584. The van der Waals surface area contributed by atoms with Gasteiger partial charge in [-0.15, -0.1) is 0 Å². The lowest BCUT2D eigenvalue weighted by atomic mass is 10.2. The van der Waals surface area contributed by atoms with Gasteiger partial charge in [0.05, 0.1) is 11.7 Å². The first-order chi connectivity index (χ1) is 7.13. The van der Waals surface area contributed by atoms with Crippen molar-refractivity contribution >= 4 is 5.91 Å². The molecule has 6 heteroatoms. The molecular formula is C9H12N4O2. The Morgan fingerprint density at radius 2 is 2.20 bits per heavy atom. The number of nitrogens with zero attached hydrogens (tertiary/aromatic N) is 1. The lowest BCUT2D eigenvalue weighted by molar-refractivity contribution is 0.0957. The summed E-state index contributed by atoms with van der Waals surface area (Å²) in [5.74, 6) is 0.176. The van der Waals surface area contributed by atoms with Gasteiger partial charge in [0, 0.05) is 6.42 Å². The molecule has 1 aliphatic heterocycles. The van der Waals surface area contributed by atoms with Crippen LogP contribution in [0.4, 0.5) is 0 Å². The molecule has 1 aromatic rings. The Morgan fingerprint density at radius 1 is 1.47 bits per heavy atom. The van der Waals surface area contributed by atoms with Crippen LogP contribution in [0, 0.1) is 0 Å². The molecule has 0 bridgehead atoms. The van der Waals surface area contributed by atoms with Gasteiger partial charge < -0.3 is 16.0 Å². The van der Waals surface area contributed by atoms with Crippen LogP contribution >= 0.6 is 0 Å². The zero-order valence-corrected chi connectivity index (χ0v) is 8.33. The van der Waals surface area contributed by atoms with Crippen molar-refractivity contribution in [2.45, 2.75) is 19.4 Å². The normalized spacial score (nSPS) is 18.8. The van der Waals surface area contributed by atoms with Crippen LogP contribution in [0.2, 0.25) is 0 Å². The topological polar surface area (TPSA) is 101 Å². The van der Waals surface area contributed by atoms with Gasteiger partial charge in [-0.25, -0.2) is 4.98 Å². The largest absolute Gasteiger partial charge is 0.344 e. The molecule has 4 N–H and O–H groups in total. The molecule has 0 spiro atoms. The van der Waals surface area contributed by atoms with E-state index in [0.717, 1.165) is 0 Å². The summed E-state index contributed by atoms with van der Waals surface area (Å²) in [6, 6.07) is -0.202. The summed E-state index contributed by atoms with van der Waals surface area (Å²) in [5.41, 5.74) is 5.64. The Labute approximate surface area is 85.9 Å². The number of hydrogen-bond donors (Lipinski definition) is 3. The number of aromatic amines is 1. The average Bonchev–Trinajstić information content (AvgIpc) is 2.43. The zero-order valence-electron chi connectivity index (χ0n) is 8.33. The minimum atomic E-state index is -0.384. The van der Waals surface area contributed by atoms with Crippen molar-refractivity contribution in [3.8, 4) is 0 Å². The SMILES string of the molecule is C[C@@H]1NC(=O)c2c1nc(CCN)[nH]c2=O. The van der Waals surface area contributed by atoms with Crippen molar-refractivity contribution in [1.29, 1.82) is 0 Å². The molecule has 6 nitrogen and oxygen atoms in total. The van der Waals surface area contributed by atoms with E-state index < -0.39 is 0 Å². The molecule has 0 aromatic carbocycles. The monoisotopic (exact) mass is 208 g/mol. The molecule has 1 aromatic heterocycles. The van der Waals surface area contributed by atoms with E-state index in [4.69, 9.17) is 5.73 Å². The summed E-state index contributed by atoms with van der Waals surface area (Å²) >= 11 is 0. The predicted octanol–water partition coefficient (Wildman–Crippen LogP) is -0.924. The molecule has 80 valence electrons. The highest BCUT2D eigenvalue weighted by Gasteiger charge is 2.30. The number of nitrogens with two attached hydrogens (primary N) is 1. The van der Waals surface area contributed by atoms with Crippen molar-refractivity contribution in [1.82, 2.24) is 15.3 Å². The number of H-pyrrole nitrogens is 1. The Kier molecular flexibility index (Phi) is 2.28. The molecule has 1 amide bonds. The Balaban J connectivity index is 2.56. The third-order valence-electron chi connectivity index (χ3n) is 2.36. The van der Waals surface area contributed by atoms with E-state index in [2.05, 4.69) is 15.3 Å². The molecule has 2 rings (SSSR count). The predicted molar refractivity (Wildman–Crippen MR) is 53.5 cm³/mol. The van der Waals surface area contributed by atoms with Crippen molar-refractivity contribution < 1.29 is 4.79 Å². The smallest absolute Gasteiger partial charge is 0.264 e. The van der Waals surface area contributed by atoms with Crippen LogP contribution in [-0.2, 0) is 6.42 Å². The fraction of sp³-hybridized carbons (Fsp3) is 0.444. The highest BCUT2D eigenvalue weighted by Crippen LogP contribution is 2.19. The molecule has 15 heavy (non-hydrogen) atoms. The van der Waals surface area contributed by atoms with Crippen molar-refractivity contribution in [3.63, 3.8) is 0 Å². The second-order valence-corrected chi connectivity index (χ2v) is 3.51. The second kappa shape index (κ2) is 3.47. The van der Waals surface area contributed by atoms with E-state index in [0.29, 0.717) is 24.5 Å². The summed E-state index contributed by atoms with van der Waals surface area (Å²) in [6.45, 7) is 2.21. The highest BCUT2D eigenvalue weighted by atomic mass is 16.2. The molecule has 0 radical (unpaired) electrons. The molecule has 2 heterocycles. The van der Waals surface area contributed by atoms with E-state index in [9.17, 15) is 9.59 Å². The van der Waals surface area contributed by atoms with Gasteiger partial charge in [-0.2, -0.15) is 0 Å². The fourth-order valence-electron chi connectivity index (χ4n) is 1.66. The first-order valence-corrected chi connectivity index (χ1v) is 4.77. The fourth-order valence-corrected chi connectivity index (χ4v) is 1.66. The lowest BCUT2D eigenvalue weighted by Crippen LogP contribution is -2.23. The van der Waals surface area contributed by atoms with Crippen LogP contribution in [0.5, 0.6) is 0 Å². The van der Waals surface area contributed by atoms with Gasteiger partial charge in [0.25, 0.3) is 11.5 Å². The minimum Gasteiger partial charge on any atom is -0.344 e. The van der Waals surface area contributed by atoms with Gasteiger partial charge in [-0.3, -0.25) is 9.59 Å². The van der Waals surface area contributed by atoms with Gasteiger partial charge in [-0.1, -0.05) is 0 Å². The summed E-state index contributed by atoms with van der Waals surface area (Å²) in [6.07, 6.45) is 0.503. The molecule has 1 aliphatic rings. The molecule has 0 saturated carbocycles. The van der Waals surface area contributed by atoms with E-state index in [1.165, 1.54) is 0 Å². The van der Waals surface area contributed by atoms with Crippen LogP contribution in [0.15, 0.2) is 4.79 Å². The zero-order chi connectivity index (χ0) is 11.0. The van der Waals surface area contributed by atoms with Crippen molar-refractivity contribution in [3.05, 3.63) is 27.4 Å². The molecule has 0 unspecified atom stereocenters. The van der Waals surface area contributed by atoms with Crippen LogP contribution < -0.4 is 16.6 Å². The Hall–Kier alpha value is -1.69. The summed E-state index contributed by atoms with van der Waals surface area (Å²) in [4.78, 5) is 29.7. The second-order valence-electron chi connectivity index (χ2n) is 3.51. The molecule has 1 atom stereocenters. The Morgan fingerprint density at radius 3 is 2.87 bits per heavy atom. The third-order valence-corrected chi connectivity index (χ3v) is 2.36. The van der Waals surface area contributed by atoms with Crippen LogP contribution in [0.3, 0.4) is 0 Å². The van der Waals surface area contributed by atoms with Crippen LogP contribution in [0.25, 0.3) is 0 Å². The number of nitrogens with one attached hydrogen (secondary N) is 2. The van der Waals surface area contributed by atoms with E-state index >= 15 is 0 Å². The number of carbonyl (C=O) groups excluding carboxylic acids is 1. The van der Waals surface area contributed by atoms with Gasteiger partial charge in [0.1, 0.15) is 11.4 Å². The van der Waals surface area contributed by atoms with E-state index in [-0.39, 0.29) is 23.1 Å². The maximum atomic E-state index is 11.6. The van der Waals surface area contributed by atoms with E-state index in [1.807, 2.05) is 0 Å². The first kappa shape index (κ1) is 9.85. The van der Waals surface area contributed by atoms with Gasteiger partial charge >= 0.3 is 0 Å². The standard InChI is InChI=1S/C9H12N4O2/c1-4-7-6(8(14)11-4)9(15)13-5(12-7)2-3-10/h4H,2-3,10H2,1H3,(H,11,14)(H,12,13,15)/t4-/m0/s1. The van der Waals surface area contributed by atoms with Gasteiger partial charge in [0.2, 0.25) is 0 Å². The number of aromatic nitrogens is 2. The number of carbonyl (C=O) groups is 1. The maximum Gasteiger partial charge on any atom is 0.264 e. The molecule has 0 aliphatic carbocycles. The summed E-state index contributed by atoms with van der Waals surface area (Å²) < 4.78 is 0. The van der Waals surface area contributed by atoms with Gasteiger partial charge in [-0.05, 0) is 13.5 Å². The maximum absolute atomic E-state index is 11.6. The number of fused-ring (bicyclic) bond motifs is 1. The minimum absolute atomic E-state index is 0.128. The number of amides is 1. The van der Waals surface area contributed by atoms with E-state index in [1.54, 1.807) is 6.92 Å². The van der Waals surface area contributed by atoms with Crippen LogP contribution in [-0.4, -0.2) is 22.4 Å². The lowest BCUT2D eigenvalue weighted by Gasteiger charge is -2.04. The third kappa shape index (κ3) is 1.52. The summed E-state index contributed by atoms with van der Waals surface area (Å²) in [7, 11) is 0. The number of rotatable bonds is 2. The molecule has 0 saturated heterocycles. The average molecular weight is 208 g/mol. The molecular weight excluding hydrogens is 196 g/mol. The molecule has 0 fully saturated rings. The summed E-state index contributed by atoms with van der Waals surface area (Å²) in [5, 5.41) is 2.64. The van der Waals surface area contributed by atoms with Crippen LogP contribution in [0.1, 0.15) is 34.8 Å². The first-order valence-electron chi connectivity index (χ1n) is 4.77. The van der Waals surface area contributed by atoms with Crippen molar-refractivity contribution in [2.24, 2.45) is 5.73 Å². The van der Waals surface area contributed by atoms with Crippen molar-refractivity contribution in [2.75, 3.05) is 6.54 Å².